The highest BCUT2D eigenvalue weighted by atomic mass is 16.5. The number of aromatic nitrogens is 1. The summed E-state index contributed by atoms with van der Waals surface area (Å²) in [6.07, 6.45) is 0. The van der Waals surface area contributed by atoms with Crippen molar-refractivity contribution in [2.75, 3.05) is 0 Å². The van der Waals surface area contributed by atoms with Gasteiger partial charge in [-0.1, -0.05) is 121 Å². The highest BCUT2D eigenvalue weighted by Gasteiger charge is 2.22. The van der Waals surface area contributed by atoms with Crippen LogP contribution >= 0.6 is 0 Å². The molecular weight excluding hydrogens is 558 g/mol. The first-order chi connectivity index (χ1) is 22.8. The van der Waals surface area contributed by atoms with Crippen molar-refractivity contribution in [3.8, 4) is 50.6 Å². The van der Waals surface area contributed by atoms with E-state index >= 15 is 0 Å². The molecule has 0 bridgehead atoms. The number of ether oxygens (including phenoxy) is 1. The van der Waals surface area contributed by atoms with Crippen LogP contribution in [0, 0.1) is 0 Å². The fourth-order valence-corrected chi connectivity index (χ4v) is 7.59. The molecule has 9 aromatic rings. The monoisotopic (exact) mass is 585 g/mol. The summed E-state index contributed by atoms with van der Waals surface area (Å²) in [6.45, 7) is 0. The molecule has 1 aliphatic heterocycles. The van der Waals surface area contributed by atoms with Gasteiger partial charge in [0.15, 0.2) is 0 Å². The average molecular weight is 586 g/mol. The minimum absolute atomic E-state index is 0.909. The molecule has 2 heteroatoms. The number of nitrogens with zero attached hydrogens (tertiary/aromatic N) is 1. The lowest BCUT2D eigenvalue weighted by molar-refractivity contribution is 0.487. The van der Waals surface area contributed by atoms with E-state index in [1.165, 1.54) is 71.2 Å². The quantitative estimate of drug-likeness (QED) is 0.201. The summed E-state index contributed by atoms with van der Waals surface area (Å²) in [5.41, 5.74) is 10.7. The lowest BCUT2D eigenvalue weighted by Crippen LogP contribution is -1.97. The Morgan fingerprint density at radius 3 is 2.00 bits per heavy atom. The minimum Gasteiger partial charge on any atom is -0.456 e. The molecule has 0 amide bonds. The predicted molar refractivity (Wildman–Crippen MR) is 192 cm³/mol. The molecular formula is C44H27NO. The first-order valence-corrected chi connectivity index (χ1v) is 15.8. The number of hydrogen-bond acceptors (Lipinski definition) is 1. The molecule has 1 aliphatic rings. The number of hydrogen-bond donors (Lipinski definition) is 0. The molecule has 0 unspecified atom stereocenters. The summed E-state index contributed by atoms with van der Waals surface area (Å²) in [4.78, 5) is 0. The van der Waals surface area contributed by atoms with Crippen LogP contribution in [-0.4, -0.2) is 4.57 Å². The Hall–Kier alpha value is -6.12. The van der Waals surface area contributed by atoms with Crippen LogP contribution in [0.25, 0.3) is 82.4 Å². The molecule has 0 saturated heterocycles. The third-order valence-corrected chi connectivity index (χ3v) is 9.56. The SMILES string of the molecule is c1ccc(-n2c3ccccc3c3c4ccccc4cc(-c4cccc(-c5ccc6c7c(cccc57)-c5ccccc5O6)c4)c32)cc1. The second kappa shape index (κ2) is 9.69. The van der Waals surface area contributed by atoms with Crippen molar-refractivity contribution in [1.29, 1.82) is 0 Å². The Balaban J connectivity index is 1.26. The van der Waals surface area contributed by atoms with E-state index < -0.39 is 0 Å². The highest BCUT2D eigenvalue weighted by Crippen LogP contribution is 2.49. The molecule has 0 N–H and O–H groups in total. The van der Waals surface area contributed by atoms with Gasteiger partial charge in [0.25, 0.3) is 0 Å². The maximum atomic E-state index is 6.40. The lowest BCUT2D eigenvalue weighted by Gasteiger charge is -2.22. The maximum absolute atomic E-state index is 6.40. The summed E-state index contributed by atoms with van der Waals surface area (Å²) in [7, 11) is 0. The minimum atomic E-state index is 0.909. The van der Waals surface area contributed by atoms with Crippen LogP contribution in [-0.2, 0) is 0 Å². The molecule has 1 aromatic heterocycles. The van der Waals surface area contributed by atoms with E-state index in [2.05, 4.69) is 156 Å². The number of rotatable bonds is 3. The maximum Gasteiger partial charge on any atom is 0.135 e. The van der Waals surface area contributed by atoms with Gasteiger partial charge >= 0.3 is 0 Å². The summed E-state index contributed by atoms with van der Waals surface area (Å²) >= 11 is 0. The van der Waals surface area contributed by atoms with Crippen LogP contribution in [0.15, 0.2) is 164 Å². The third kappa shape index (κ3) is 3.59. The van der Waals surface area contributed by atoms with Crippen molar-refractivity contribution in [2.24, 2.45) is 0 Å². The second-order valence-corrected chi connectivity index (χ2v) is 12.1. The van der Waals surface area contributed by atoms with E-state index in [-0.39, 0.29) is 0 Å². The molecule has 214 valence electrons. The van der Waals surface area contributed by atoms with Crippen molar-refractivity contribution >= 4 is 43.4 Å². The molecule has 46 heavy (non-hydrogen) atoms. The van der Waals surface area contributed by atoms with Crippen LogP contribution in [0.4, 0.5) is 0 Å². The van der Waals surface area contributed by atoms with Gasteiger partial charge in [-0.25, -0.2) is 0 Å². The van der Waals surface area contributed by atoms with Crippen LogP contribution in [0.1, 0.15) is 0 Å². The number of para-hydroxylation sites is 3. The van der Waals surface area contributed by atoms with Gasteiger partial charge in [-0.15, -0.1) is 0 Å². The van der Waals surface area contributed by atoms with Crippen molar-refractivity contribution in [3.05, 3.63) is 164 Å². The molecule has 10 rings (SSSR count). The first-order valence-electron chi connectivity index (χ1n) is 15.8. The molecule has 0 atom stereocenters. The summed E-state index contributed by atoms with van der Waals surface area (Å²) in [5.74, 6) is 1.82. The summed E-state index contributed by atoms with van der Waals surface area (Å²) in [6, 6.07) is 59.0. The molecule has 0 spiro atoms. The van der Waals surface area contributed by atoms with E-state index in [1.807, 2.05) is 12.1 Å². The van der Waals surface area contributed by atoms with Crippen LogP contribution < -0.4 is 4.74 Å². The molecule has 0 aliphatic carbocycles. The smallest absolute Gasteiger partial charge is 0.135 e. The first kappa shape index (κ1) is 25.2. The fraction of sp³-hybridized carbons (Fsp3) is 0. The van der Waals surface area contributed by atoms with Crippen LogP contribution in [0.2, 0.25) is 0 Å². The van der Waals surface area contributed by atoms with Gasteiger partial charge in [-0.05, 0) is 80.9 Å². The standard InChI is InChI=1S/C44H27NO/c1-2-15-31(16-3-1)45-39-22-8-6-19-37(39)43-33-17-5-4-12-30(33)27-38(44(43)45)29-14-10-13-28(26-29)32-24-25-41-42-35(32)20-11-21-36(42)34-18-7-9-23-40(34)46-41/h1-27H. The second-order valence-electron chi connectivity index (χ2n) is 12.1. The number of fused-ring (bicyclic) bond motifs is 7. The van der Waals surface area contributed by atoms with Crippen molar-refractivity contribution in [1.82, 2.24) is 4.57 Å². The third-order valence-electron chi connectivity index (χ3n) is 9.56. The topological polar surface area (TPSA) is 14.2 Å². The van der Waals surface area contributed by atoms with E-state index in [9.17, 15) is 0 Å². The van der Waals surface area contributed by atoms with Gasteiger partial charge in [0.1, 0.15) is 11.5 Å². The van der Waals surface area contributed by atoms with E-state index in [0.29, 0.717) is 0 Å². The molecule has 0 fully saturated rings. The van der Waals surface area contributed by atoms with Crippen LogP contribution in [0.3, 0.4) is 0 Å². The molecule has 2 nitrogen and oxygen atoms in total. The summed E-state index contributed by atoms with van der Waals surface area (Å²) in [5, 5.41) is 7.43. The zero-order valence-electron chi connectivity index (χ0n) is 24.9. The van der Waals surface area contributed by atoms with Gasteiger partial charge in [-0.3, -0.25) is 0 Å². The van der Waals surface area contributed by atoms with Crippen molar-refractivity contribution in [2.45, 2.75) is 0 Å². The molecule has 0 saturated carbocycles. The van der Waals surface area contributed by atoms with E-state index in [4.69, 9.17) is 4.74 Å². The van der Waals surface area contributed by atoms with Crippen LogP contribution in [0.5, 0.6) is 11.5 Å². The normalized spacial score (nSPS) is 12.1. The average Bonchev–Trinajstić information content (AvgIpc) is 3.48. The van der Waals surface area contributed by atoms with Gasteiger partial charge < -0.3 is 9.30 Å². The zero-order valence-corrected chi connectivity index (χ0v) is 24.9. The molecule has 8 aromatic carbocycles. The van der Waals surface area contributed by atoms with Gasteiger partial charge in [0.05, 0.1) is 11.0 Å². The Kier molecular flexibility index (Phi) is 5.31. The Morgan fingerprint density at radius 1 is 0.391 bits per heavy atom. The fourth-order valence-electron chi connectivity index (χ4n) is 7.59. The highest BCUT2D eigenvalue weighted by molar-refractivity contribution is 6.25. The summed E-state index contributed by atoms with van der Waals surface area (Å²) < 4.78 is 8.84. The largest absolute Gasteiger partial charge is 0.456 e. The molecule has 0 radical (unpaired) electrons. The lowest BCUT2D eigenvalue weighted by atomic mass is 9.89. The molecule has 2 heterocycles. The number of benzene rings is 8. The van der Waals surface area contributed by atoms with Gasteiger partial charge in [0, 0.05) is 33.0 Å². The Bertz CT molecular complexity index is 2660. The van der Waals surface area contributed by atoms with Gasteiger partial charge in [-0.2, -0.15) is 0 Å². The van der Waals surface area contributed by atoms with Crippen molar-refractivity contribution < 1.29 is 4.74 Å². The van der Waals surface area contributed by atoms with Gasteiger partial charge in [0.2, 0.25) is 0 Å². The van der Waals surface area contributed by atoms with Crippen molar-refractivity contribution in [3.63, 3.8) is 0 Å². The van der Waals surface area contributed by atoms with E-state index in [0.717, 1.165) is 22.7 Å². The Morgan fingerprint density at radius 2 is 1.09 bits per heavy atom. The predicted octanol–water partition coefficient (Wildman–Crippen LogP) is 12.2. The Labute approximate surface area is 266 Å². The zero-order chi connectivity index (χ0) is 30.2. The van der Waals surface area contributed by atoms with E-state index in [1.54, 1.807) is 0 Å².